The molecule has 2 aliphatic rings. The summed E-state index contributed by atoms with van der Waals surface area (Å²) in [7, 11) is 0. The average molecular weight is 248 g/mol. The molecule has 98 valence electrons. The second-order valence-electron chi connectivity index (χ2n) is 5.87. The van der Waals surface area contributed by atoms with E-state index >= 15 is 0 Å². The third kappa shape index (κ3) is 2.22. The molecule has 0 radical (unpaired) electrons. The average Bonchev–Trinajstić information content (AvgIpc) is 2.48. The largest absolute Gasteiger partial charge is 0.444 e. The molecule has 2 atom stereocenters. The molecule has 1 amide bonds. The van der Waals surface area contributed by atoms with Crippen molar-refractivity contribution in [2.45, 2.75) is 38.3 Å². The lowest BCUT2D eigenvalue weighted by molar-refractivity contribution is -0.0149. The molecule has 1 unspecified atom stereocenters. The van der Waals surface area contributed by atoms with Gasteiger partial charge in [0.15, 0.2) is 0 Å². The molecule has 0 aromatic carbocycles. The van der Waals surface area contributed by atoms with Crippen LogP contribution in [0.15, 0.2) is 0 Å². The quantitative estimate of drug-likeness (QED) is 0.764. The van der Waals surface area contributed by atoms with Crippen molar-refractivity contribution in [1.82, 2.24) is 4.90 Å². The summed E-state index contributed by atoms with van der Waals surface area (Å²) in [6.45, 7) is 5.96. The minimum atomic E-state index is -2.75. The Morgan fingerprint density at radius 1 is 1.41 bits per heavy atom. The van der Waals surface area contributed by atoms with Crippen LogP contribution in [-0.2, 0) is 4.74 Å². The highest BCUT2D eigenvalue weighted by Gasteiger charge is 2.70. The van der Waals surface area contributed by atoms with Gasteiger partial charge in [-0.15, -0.1) is 0 Å². The van der Waals surface area contributed by atoms with Gasteiger partial charge in [-0.25, -0.2) is 13.6 Å². The van der Waals surface area contributed by atoms with Crippen molar-refractivity contribution in [2.75, 3.05) is 13.1 Å². The molecule has 17 heavy (non-hydrogen) atoms. The van der Waals surface area contributed by atoms with Crippen LogP contribution in [-0.4, -0.2) is 41.6 Å². The first-order valence-corrected chi connectivity index (χ1v) is 5.74. The molecule has 0 aromatic rings. The molecular formula is C11H18F2N2O2. The fourth-order valence-electron chi connectivity index (χ4n) is 2.20. The van der Waals surface area contributed by atoms with E-state index in [0.717, 1.165) is 0 Å². The lowest BCUT2D eigenvalue weighted by Crippen LogP contribution is -2.53. The maximum Gasteiger partial charge on any atom is 0.410 e. The third-order valence-corrected chi connectivity index (χ3v) is 3.24. The fraction of sp³-hybridized carbons (Fsp3) is 0.909. The Balaban J connectivity index is 1.78. The van der Waals surface area contributed by atoms with Crippen molar-refractivity contribution < 1.29 is 18.3 Å². The van der Waals surface area contributed by atoms with Crippen molar-refractivity contribution in [2.24, 2.45) is 17.6 Å². The number of ether oxygens (including phenoxy) is 1. The summed E-state index contributed by atoms with van der Waals surface area (Å²) < 4.78 is 31.1. The lowest BCUT2D eigenvalue weighted by atomic mass is 9.94. The second-order valence-corrected chi connectivity index (χ2v) is 5.87. The summed E-state index contributed by atoms with van der Waals surface area (Å²) in [4.78, 5) is 13.0. The predicted octanol–water partition coefficient (Wildman–Crippen LogP) is 1.45. The highest BCUT2D eigenvalue weighted by atomic mass is 19.3. The Bertz CT molecular complexity index is 335. The molecule has 0 aromatic heterocycles. The van der Waals surface area contributed by atoms with E-state index in [1.54, 1.807) is 20.8 Å². The standard InChI is InChI=1S/C11H18F2N2O2/c1-10(2,3)17-9(16)15-4-6(5-15)7-8(14)11(7,12)13/h6-8H,4-5,14H2,1-3H3/t7?,8-/m1/s1. The van der Waals surface area contributed by atoms with Crippen LogP contribution in [0.2, 0.25) is 0 Å². The Kier molecular flexibility index (Phi) is 2.61. The van der Waals surface area contributed by atoms with Gasteiger partial charge in [0.2, 0.25) is 0 Å². The summed E-state index contributed by atoms with van der Waals surface area (Å²) >= 11 is 0. The number of alkyl halides is 2. The van der Waals surface area contributed by atoms with Crippen molar-refractivity contribution in [1.29, 1.82) is 0 Å². The predicted molar refractivity (Wildman–Crippen MR) is 57.7 cm³/mol. The first-order valence-electron chi connectivity index (χ1n) is 5.74. The first kappa shape index (κ1) is 12.5. The van der Waals surface area contributed by atoms with Gasteiger partial charge in [-0.3, -0.25) is 0 Å². The SMILES string of the molecule is CC(C)(C)OC(=O)N1CC(C2[C@@H](N)C2(F)F)C1. The molecule has 6 heteroatoms. The van der Waals surface area contributed by atoms with Crippen LogP contribution in [0, 0.1) is 11.8 Å². The lowest BCUT2D eigenvalue weighted by Gasteiger charge is -2.40. The molecule has 2 fully saturated rings. The van der Waals surface area contributed by atoms with Crippen LogP contribution in [0.4, 0.5) is 13.6 Å². The summed E-state index contributed by atoms with van der Waals surface area (Å²) in [5.41, 5.74) is 4.74. The smallest absolute Gasteiger partial charge is 0.410 e. The molecule has 0 spiro atoms. The van der Waals surface area contributed by atoms with Gasteiger partial charge in [-0.1, -0.05) is 0 Å². The van der Waals surface area contributed by atoms with Crippen molar-refractivity contribution in [3.8, 4) is 0 Å². The molecule has 1 aliphatic carbocycles. The molecule has 2 N–H and O–H groups in total. The number of hydrogen-bond acceptors (Lipinski definition) is 3. The van der Waals surface area contributed by atoms with Gasteiger partial charge >= 0.3 is 6.09 Å². The number of carbonyl (C=O) groups excluding carboxylic acids is 1. The number of nitrogens with zero attached hydrogens (tertiary/aromatic N) is 1. The molecule has 1 saturated carbocycles. The zero-order valence-corrected chi connectivity index (χ0v) is 10.2. The Morgan fingerprint density at radius 2 is 1.88 bits per heavy atom. The monoisotopic (exact) mass is 248 g/mol. The van der Waals surface area contributed by atoms with E-state index < -0.39 is 29.6 Å². The van der Waals surface area contributed by atoms with Gasteiger partial charge < -0.3 is 15.4 Å². The second kappa shape index (κ2) is 3.54. The van der Waals surface area contributed by atoms with Gasteiger partial charge in [-0.05, 0) is 20.8 Å². The summed E-state index contributed by atoms with van der Waals surface area (Å²) in [6, 6.07) is -1.03. The molecule has 0 bridgehead atoms. The molecule has 1 heterocycles. The number of amides is 1. The minimum absolute atomic E-state index is 0.187. The van der Waals surface area contributed by atoms with Gasteiger partial charge in [0.05, 0.1) is 12.0 Å². The Labute approximate surface area is 99.1 Å². The number of halogens is 2. The summed E-state index contributed by atoms with van der Waals surface area (Å²) in [5, 5.41) is 0. The van der Waals surface area contributed by atoms with E-state index in [9.17, 15) is 13.6 Å². The van der Waals surface area contributed by atoms with Crippen LogP contribution in [0.1, 0.15) is 20.8 Å². The number of nitrogens with two attached hydrogens (primary N) is 1. The summed E-state index contributed by atoms with van der Waals surface area (Å²) in [6.07, 6.45) is -0.439. The van der Waals surface area contributed by atoms with Gasteiger partial charge in [-0.2, -0.15) is 0 Å². The van der Waals surface area contributed by atoms with E-state index in [4.69, 9.17) is 10.5 Å². The maximum atomic E-state index is 13.0. The highest BCUT2D eigenvalue weighted by molar-refractivity contribution is 5.69. The number of likely N-dealkylation sites (tertiary alicyclic amines) is 1. The molecule has 1 aliphatic heterocycles. The van der Waals surface area contributed by atoms with Crippen molar-refractivity contribution in [3.05, 3.63) is 0 Å². The zero-order valence-electron chi connectivity index (χ0n) is 10.2. The third-order valence-electron chi connectivity index (χ3n) is 3.24. The molecular weight excluding hydrogens is 230 g/mol. The molecule has 2 rings (SSSR count). The number of carbonyl (C=O) groups is 1. The maximum absolute atomic E-state index is 13.0. The summed E-state index contributed by atoms with van der Waals surface area (Å²) in [5.74, 6) is -3.70. The van der Waals surface area contributed by atoms with Crippen LogP contribution in [0.3, 0.4) is 0 Å². The van der Waals surface area contributed by atoms with Crippen LogP contribution >= 0.6 is 0 Å². The van der Waals surface area contributed by atoms with Crippen LogP contribution in [0.5, 0.6) is 0 Å². The first-order chi connectivity index (χ1) is 7.63. The van der Waals surface area contributed by atoms with E-state index in [2.05, 4.69) is 0 Å². The van der Waals surface area contributed by atoms with E-state index in [1.807, 2.05) is 0 Å². The molecule has 4 nitrogen and oxygen atoms in total. The topological polar surface area (TPSA) is 55.6 Å². The number of rotatable bonds is 1. The van der Waals surface area contributed by atoms with Crippen molar-refractivity contribution >= 4 is 6.09 Å². The Hall–Kier alpha value is -0.910. The Morgan fingerprint density at radius 3 is 2.24 bits per heavy atom. The molecule has 1 saturated heterocycles. The van der Waals surface area contributed by atoms with Crippen LogP contribution < -0.4 is 5.73 Å². The highest BCUT2D eigenvalue weighted by Crippen LogP contribution is 2.53. The van der Waals surface area contributed by atoms with E-state index in [0.29, 0.717) is 13.1 Å². The normalized spacial score (nSPS) is 32.0. The van der Waals surface area contributed by atoms with Gasteiger partial charge in [0.1, 0.15) is 5.60 Å². The minimum Gasteiger partial charge on any atom is -0.444 e. The van der Waals surface area contributed by atoms with Gasteiger partial charge in [0, 0.05) is 19.0 Å². The fourth-order valence-corrected chi connectivity index (χ4v) is 2.20. The van der Waals surface area contributed by atoms with Crippen LogP contribution in [0.25, 0.3) is 0 Å². The van der Waals surface area contributed by atoms with Crippen molar-refractivity contribution in [3.63, 3.8) is 0 Å². The van der Waals surface area contributed by atoms with Gasteiger partial charge in [0.25, 0.3) is 5.92 Å². The zero-order chi connectivity index (χ0) is 13.0. The van der Waals surface area contributed by atoms with E-state index in [1.165, 1.54) is 4.90 Å². The number of hydrogen-bond donors (Lipinski definition) is 1. The van der Waals surface area contributed by atoms with E-state index in [-0.39, 0.29) is 5.92 Å².